The zero-order valence-corrected chi connectivity index (χ0v) is 19.3. The van der Waals surface area contributed by atoms with E-state index in [-0.39, 0.29) is 30.0 Å². The van der Waals surface area contributed by atoms with Gasteiger partial charge in [-0.15, -0.1) is 11.3 Å². The van der Waals surface area contributed by atoms with Gasteiger partial charge in [-0.1, -0.05) is 26.0 Å². The van der Waals surface area contributed by atoms with Crippen molar-refractivity contribution in [2.45, 2.75) is 26.3 Å². The van der Waals surface area contributed by atoms with Crippen molar-refractivity contribution in [3.63, 3.8) is 0 Å². The van der Waals surface area contributed by atoms with Crippen LogP contribution in [-0.4, -0.2) is 48.4 Å². The summed E-state index contributed by atoms with van der Waals surface area (Å²) in [6, 6.07) is 11.2. The van der Waals surface area contributed by atoms with E-state index in [2.05, 4.69) is 34.4 Å². The second-order valence-corrected chi connectivity index (χ2v) is 7.93. The molecular weight excluding hydrogens is 428 g/mol. The van der Waals surface area contributed by atoms with E-state index in [0.29, 0.717) is 17.4 Å². The fraction of sp³-hybridized carbons (Fsp3) is 0.348. The van der Waals surface area contributed by atoms with Gasteiger partial charge in [-0.05, 0) is 42.9 Å². The van der Waals surface area contributed by atoms with Crippen LogP contribution < -0.4 is 15.4 Å². The first kappa shape index (κ1) is 23.5. The van der Waals surface area contributed by atoms with Crippen molar-refractivity contribution >= 4 is 28.3 Å². The number of anilines is 1. The summed E-state index contributed by atoms with van der Waals surface area (Å²) in [4.78, 5) is 31.3. The normalized spacial score (nSPS) is 11.9. The van der Waals surface area contributed by atoms with Crippen molar-refractivity contribution in [2.24, 2.45) is 0 Å². The SMILES string of the molecule is CCN(CC)C(CNC(=O)Cc1csc(NC(=O)c2ccco2)n1)c1cccc(OC)c1. The summed E-state index contributed by atoms with van der Waals surface area (Å²) >= 11 is 1.27. The van der Waals surface area contributed by atoms with Crippen LogP contribution in [-0.2, 0) is 11.2 Å². The van der Waals surface area contributed by atoms with Gasteiger partial charge in [0.25, 0.3) is 5.91 Å². The average Bonchev–Trinajstić information content (AvgIpc) is 3.49. The summed E-state index contributed by atoms with van der Waals surface area (Å²) < 4.78 is 10.4. The van der Waals surface area contributed by atoms with Crippen LogP contribution in [0.1, 0.15) is 41.7 Å². The Morgan fingerprint density at radius 2 is 2.03 bits per heavy atom. The van der Waals surface area contributed by atoms with Crippen LogP contribution in [0.25, 0.3) is 0 Å². The van der Waals surface area contributed by atoms with Crippen LogP contribution in [0.2, 0.25) is 0 Å². The lowest BCUT2D eigenvalue weighted by molar-refractivity contribution is -0.120. The Morgan fingerprint density at radius 3 is 2.72 bits per heavy atom. The fourth-order valence-electron chi connectivity index (χ4n) is 3.42. The Balaban J connectivity index is 1.59. The Kier molecular flexibility index (Phi) is 8.41. The Hall–Kier alpha value is -3.17. The summed E-state index contributed by atoms with van der Waals surface area (Å²) in [5, 5.41) is 7.89. The Bertz CT molecular complexity index is 1010. The number of carbonyl (C=O) groups is 2. The van der Waals surface area contributed by atoms with E-state index in [1.165, 1.54) is 17.6 Å². The lowest BCUT2D eigenvalue weighted by Crippen LogP contribution is -2.38. The molecule has 2 amide bonds. The number of carbonyl (C=O) groups excluding carboxylic acids is 2. The number of amides is 2. The van der Waals surface area contributed by atoms with Gasteiger partial charge in [0.05, 0.1) is 31.5 Å². The number of ether oxygens (including phenoxy) is 1. The molecule has 2 heterocycles. The van der Waals surface area contributed by atoms with E-state index in [1.54, 1.807) is 24.6 Å². The number of benzene rings is 1. The number of methoxy groups -OCH3 is 1. The monoisotopic (exact) mass is 456 g/mol. The number of rotatable bonds is 11. The third-order valence-electron chi connectivity index (χ3n) is 5.08. The van der Waals surface area contributed by atoms with Gasteiger partial charge in [-0.25, -0.2) is 4.98 Å². The molecule has 0 spiro atoms. The number of thiazole rings is 1. The van der Waals surface area contributed by atoms with Crippen molar-refractivity contribution in [3.05, 3.63) is 65.1 Å². The number of hydrogen-bond donors (Lipinski definition) is 2. The third kappa shape index (κ3) is 6.18. The predicted octanol–water partition coefficient (Wildman–Crippen LogP) is 3.74. The number of likely N-dealkylation sites (N-methyl/N-ethyl adjacent to an activating group) is 1. The number of nitrogens with one attached hydrogen (secondary N) is 2. The van der Waals surface area contributed by atoms with E-state index < -0.39 is 0 Å². The molecule has 3 rings (SSSR count). The second-order valence-electron chi connectivity index (χ2n) is 7.07. The first-order valence-electron chi connectivity index (χ1n) is 10.5. The molecule has 2 N–H and O–H groups in total. The maximum Gasteiger partial charge on any atom is 0.293 e. The van der Waals surface area contributed by atoms with Gasteiger partial charge in [-0.2, -0.15) is 0 Å². The minimum absolute atomic E-state index is 0.0302. The van der Waals surface area contributed by atoms with Crippen LogP contribution in [0, 0.1) is 0 Å². The molecule has 0 aliphatic rings. The molecule has 170 valence electrons. The number of hydrogen-bond acceptors (Lipinski definition) is 7. The minimum Gasteiger partial charge on any atom is -0.497 e. The van der Waals surface area contributed by atoms with Crippen molar-refractivity contribution in [1.29, 1.82) is 0 Å². The number of aromatic nitrogens is 1. The molecule has 1 unspecified atom stereocenters. The van der Waals surface area contributed by atoms with Gasteiger partial charge in [-0.3, -0.25) is 19.8 Å². The third-order valence-corrected chi connectivity index (χ3v) is 5.89. The molecule has 2 aromatic heterocycles. The van der Waals surface area contributed by atoms with E-state index in [4.69, 9.17) is 9.15 Å². The summed E-state index contributed by atoms with van der Waals surface area (Å²) in [5.74, 6) is 0.497. The first-order chi connectivity index (χ1) is 15.5. The van der Waals surface area contributed by atoms with Crippen LogP contribution in [0.5, 0.6) is 5.75 Å². The number of furan rings is 1. The van der Waals surface area contributed by atoms with Crippen molar-refractivity contribution in [2.75, 3.05) is 32.1 Å². The maximum absolute atomic E-state index is 12.6. The number of nitrogens with zero attached hydrogens (tertiary/aromatic N) is 2. The fourth-order valence-corrected chi connectivity index (χ4v) is 4.13. The van der Waals surface area contributed by atoms with E-state index in [9.17, 15) is 9.59 Å². The molecule has 0 fully saturated rings. The van der Waals surface area contributed by atoms with E-state index in [0.717, 1.165) is 24.4 Å². The second kappa shape index (κ2) is 11.4. The van der Waals surface area contributed by atoms with Crippen LogP contribution in [0.4, 0.5) is 5.13 Å². The lowest BCUT2D eigenvalue weighted by Gasteiger charge is -2.30. The molecule has 0 aliphatic heterocycles. The molecular formula is C23H28N4O4S. The highest BCUT2D eigenvalue weighted by atomic mass is 32.1. The van der Waals surface area contributed by atoms with Gasteiger partial charge in [0.1, 0.15) is 5.75 Å². The summed E-state index contributed by atoms with van der Waals surface area (Å²) in [7, 11) is 1.65. The molecule has 1 aromatic carbocycles. The highest BCUT2D eigenvalue weighted by Gasteiger charge is 2.20. The molecule has 3 aromatic rings. The van der Waals surface area contributed by atoms with Gasteiger partial charge in [0, 0.05) is 11.9 Å². The zero-order valence-electron chi connectivity index (χ0n) is 18.5. The highest BCUT2D eigenvalue weighted by molar-refractivity contribution is 7.14. The highest BCUT2D eigenvalue weighted by Crippen LogP contribution is 2.24. The topological polar surface area (TPSA) is 96.7 Å². The Labute approximate surface area is 191 Å². The zero-order chi connectivity index (χ0) is 22.9. The molecule has 0 radical (unpaired) electrons. The molecule has 32 heavy (non-hydrogen) atoms. The quantitative estimate of drug-likeness (QED) is 0.456. The predicted molar refractivity (Wildman–Crippen MR) is 124 cm³/mol. The standard InChI is InChI=1S/C23H28N4O4S/c1-4-27(5-2)19(16-8-6-9-18(12-16)30-3)14-24-21(28)13-17-15-32-23(25-17)26-22(29)20-10-7-11-31-20/h6-12,15,19H,4-5,13-14H2,1-3H3,(H,24,28)(H,25,26,29). The molecule has 0 saturated carbocycles. The van der Waals surface area contributed by atoms with Crippen molar-refractivity contribution in [1.82, 2.24) is 15.2 Å². The van der Waals surface area contributed by atoms with Crippen LogP contribution in [0.15, 0.2) is 52.5 Å². The average molecular weight is 457 g/mol. The maximum atomic E-state index is 12.6. The Morgan fingerprint density at radius 1 is 1.22 bits per heavy atom. The van der Waals surface area contributed by atoms with Gasteiger partial charge in [0.15, 0.2) is 10.9 Å². The van der Waals surface area contributed by atoms with Crippen LogP contribution >= 0.6 is 11.3 Å². The molecule has 9 heteroatoms. The molecule has 1 atom stereocenters. The van der Waals surface area contributed by atoms with Gasteiger partial charge in [0.2, 0.25) is 5.91 Å². The molecule has 0 aliphatic carbocycles. The first-order valence-corrected chi connectivity index (χ1v) is 11.4. The van der Waals surface area contributed by atoms with E-state index >= 15 is 0 Å². The molecule has 0 bridgehead atoms. The smallest absolute Gasteiger partial charge is 0.293 e. The summed E-state index contributed by atoms with van der Waals surface area (Å²) in [5.41, 5.74) is 1.69. The van der Waals surface area contributed by atoms with Crippen LogP contribution in [0.3, 0.4) is 0 Å². The lowest BCUT2D eigenvalue weighted by atomic mass is 10.0. The molecule has 0 saturated heterocycles. The van der Waals surface area contributed by atoms with Crippen molar-refractivity contribution in [3.8, 4) is 5.75 Å². The molecule has 8 nitrogen and oxygen atoms in total. The van der Waals surface area contributed by atoms with Gasteiger partial charge < -0.3 is 14.5 Å². The van der Waals surface area contributed by atoms with E-state index in [1.807, 2.05) is 24.3 Å². The minimum atomic E-state index is -0.374. The summed E-state index contributed by atoms with van der Waals surface area (Å²) in [6.07, 6.45) is 1.57. The summed E-state index contributed by atoms with van der Waals surface area (Å²) in [6.45, 7) is 6.40. The van der Waals surface area contributed by atoms with Crippen molar-refractivity contribution < 1.29 is 18.7 Å². The van der Waals surface area contributed by atoms with Gasteiger partial charge >= 0.3 is 0 Å². The largest absolute Gasteiger partial charge is 0.497 e.